The molecule has 2 heterocycles. The molecule has 0 fully saturated rings. The summed E-state index contributed by atoms with van der Waals surface area (Å²) in [6.07, 6.45) is 1.43. The summed E-state index contributed by atoms with van der Waals surface area (Å²) in [7, 11) is 1.52. The van der Waals surface area contributed by atoms with Gasteiger partial charge in [0.05, 0.1) is 21.9 Å². The van der Waals surface area contributed by atoms with Crippen LogP contribution in [0.3, 0.4) is 0 Å². The molecule has 1 N–H and O–H groups in total. The van der Waals surface area contributed by atoms with Gasteiger partial charge in [-0.1, -0.05) is 23.2 Å². The summed E-state index contributed by atoms with van der Waals surface area (Å²) < 4.78 is 9.83. The Kier molecular flexibility index (Phi) is 4.33. The van der Waals surface area contributed by atoms with Gasteiger partial charge in [0.25, 0.3) is 5.88 Å². The van der Waals surface area contributed by atoms with Gasteiger partial charge in [0.2, 0.25) is 5.82 Å². The van der Waals surface area contributed by atoms with Crippen molar-refractivity contribution in [1.29, 1.82) is 0 Å². The van der Waals surface area contributed by atoms with Crippen LogP contribution in [-0.4, -0.2) is 17.1 Å². The predicted molar refractivity (Wildman–Crippen MR) is 72.4 cm³/mol. The minimum absolute atomic E-state index is 0.304. The monoisotopic (exact) mass is 307 g/mol. The lowest BCUT2D eigenvalue weighted by atomic mass is 10.6. The van der Waals surface area contributed by atoms with Crippen molar-refractivity contribution in [2.24, 2.45) is 0 Å². The quantitative estimate of drug-likeness (QED) is 0.866. The van der Waals surface area contributed by atoms with Crippen molar-refractivity contribution >= 4 is 52.3 Å². The Labute approximate surface area is 116 Å². The molecule has 4 nitrogen and oxygen atoms in total. The molecule has 8 heteroatoms. The van der Waals surface area contributed by atoms with Gasteiger partial charge in [-0.15, -0.1) is 11.3 Å². The summed E-state index contributed by atoms with van der Waals surface area (Å²) in [5, 5.41) is 0.304. The largest absolute Gasteiger partial charge is 0.478 e. The molecule has 0 aliphatic heterocycles. The lowest BCUT2D eigenvalue weighted by molar-refractivity contribution is 0.398. The Morgan fingerprint density at radius 1 is 1.41 bits per heavy atom. The van der Waals surface area contributed by atoms with Crippen LogP contribution in [0.2, 0.25) is 9.49 Å². The number of hydrogen-bond donors (Lipinski definition) is 1. The molecule has 0 aliphatic rings. The summed E-state index contributed by atoms with van der Waals surface area (Å²) >= 11 is 14.4. The third-order valence-electron chi connectivity index (χ3n) is 1.70. The molecular weight excluding hydrogens is 301 g/mol. The normalized spacial score (nSPS) is 10.3. The van der Waals surface area contributed by atoms with Crippen molar-refractivity contribution in [1.82, 2.24) is 9.97 Å². The molecule has 0 aliphatic carbocycles. The average Bonchev–Trinajstić information content (AvgIpc) is 2.73. The van der Waals surface area contributed by atoms with E-state index < -0.39 is 0 Å². The SMILES string of the molecule is COc1ncc(Cl)nc1NSc1ccc(Cl)s1. The van der Waals surface area contributed by atoms with E-state index in [1.165, 1.54) is 36.6 Å². The molecular formula is C9H7Cl2N3OS2. The maximum atomic E-state index is 5.83. The highest BCUT2D eigenvalue weighted by Gasteiger charge is 2.08. The van der Waals surface area contributed by atoms with Crippen LogP contribution in [0.5, 0.6) is 5.88 Å². The summed E-state index contributed by atoms with van der Waals surface area (Å²) in [5.41, 5.74) is 0. The van der Waals surface area contributed by atoms with E-state index in [2.05, 4.69) is 14.7 Å². The first kappa shape index (κ1) is 12.8. The molecule has 17 heavy (non-hydrogen) atoms. The zero-order valence-electron chi connectivity index (χ0n) is 8.61. The maximum Gasteiger partial charge on any atom is 0.258 e. The Hall–Kier alpha value is -0.690. The van der Waals surface area contributed by atoms with Gasteiger partial charge in [-0.25, -0.2) is 9.97 Å². The standard InChI is InChI=1S/C9H7Cl2N3OS2/c1-15-9-8(13-5(10)4-12-9)14-17-7-3-2-6(11)16-7/h2-4H,1H3,(H,13,14). The first-order valence-corrected chi connectivity index (χ1v) is 6.82. The summed E-state index contributed by atoms with van der Waals surface area (Å²) in [6.45, 7) is 0. The number of nitrogens with zero attached hydrogens (tertiary/aromatic N) is 2. The molecule has 0 saturated carbocycles. The molecule has 0 saturated heterocycles. The Morgan fingerprint density at radius 3 is 2.88 bits per heavy atom. The fourth-order valence-electron chi connectivity index (χ4n) is 1.02. The maximum absolute atomic E-state index is 5.83. The summed E-state index contributed by atoms with van der Waals surface area (Å²) in [5.74, 6) is 0.874. The lowest BCUT2D eigenvalue weighted by Crippen LogP contribution is -1.97. The third kappa shape index (κ3) is 3.38. The van der Waals surface area contributed by atoms with Crippen molar-refractivity contribution in [3.05, 3.63) is 27.8 Å². The minimum Gasteiger partial charge on any atom is -0.478 e. The Balaban J connectivity index is 2.10. The first-order valence-electron chi connectivity index (χ1n) is 4.44. The van der Waals surface area contributed by atoms with E-state index >= 15 is 0 Å². The van der Waals surface area contributed by atoms with Crippen LogP contribution in [0.1, 0.15) is 0 Å². The molecule has 0 bridgehead atoms. The van der Waals surface area contributed by atoms with E-state index in [0.29, 0.717) is 16.9 Å². The van der Waals surface area contributed by atoms with Crippen molar-refractivity contribution in [2.75, 3.05) is 11.8 Å². The third-order valence-corrected chi connectivity index (χ3v) is 4.04. The molecule has 0 spiro atoms. The lowest BCUT2D eigenvalue weighted by Gasteiger charge is -2.07. The molecule has 0 radical (unpaired) electrons. The highest BCUT2D eigenvalue weighted by molar-refractivity contribution is 8.02. The summed E-state index contributed by atoms with van der Waals surface area (Å²) in [4.78, 5) is 8.08. The molecule has 0 atom stereocenters. The Morgan fingerprint density at radius 2 is 2.24 bits per heavy atom. The number of hydrogen-bond acceptors (Lipinski definition) is 6. The number of rotatable bonds is 4. The molecule has 0 unspecified atom stereocenters. The first-order chi connectivity index (χ1) is 8.19. The second-order valence-corrected chi connectivity index (χ2v) is 6.02. The highest BCUT2D eigenvalue weighted by atomic mass is 35.5. The van der Waals surface area contributed by atoms with E-state index in [1.807, 2.05) is 12.1 Å². The van der Waals surface area contributed by atoms with Gasteiger partial charge in [0.15, 0.2) is 0 Å². The number of aromatic nitrogens is 2. The average molecular weight is 308 g/mol. The number of halogens is 2. The molecule has 2 aromatic rings. The fourth-order valence-corrected chi connectivity index (χ4v) is 3.10. The van der Waals surface area contributed by atoms with Gasteiger partial charge in [-0.05, 0) is 24.1 Å². The molecule has 2 aromatic heterocycles. The van der Waals surface area contributed by atoms with E-state index in [0.717, 1.165) is 8.55 Å². The van der Waals surface area contributed by atoms with Gasteiger partial charge in [0, 0.05) is 0 Å². The van der Waals surface area contributed by atoms with E-state index in [4.69, 9.17) is 27.9 Å². The van der Waals surface area contributed by atoms with E-state index in [9.17, 15) is 0 Å². The van der Waals surface area contributed by atoms with Crippen LogP contribution < -0.4 is 9.46 Å². The van der Waals surface area contributed by atoms with Gasteiger partial charge >= 0.3 is 0 Å². The van der Waals surface area contributed by atoms with Crippen LogP contribution >= 0.6 is 46.5 Å². The van der Waals surface area contributed by atoms with Crippen molar-refractivity contribution in [3.63, 3.8) is 0 Å². The van der Waals surface area contributed by atoms with Gasteiger partial charge < -0.3 is 9.46 Å². The number of methoxy groups -OCH3 is 1. The van der Waals surface area contributed by atoms with E-state index in [1.54, 1.807) is 0 Å². The second-order valence-electron chi connectivity index (χ2n) is 2.81. The molecule has 0 aromatic carbocycles. The second kappa shape index (κ2) is 5.77. The number of ether oxygens (including phenoxy) is 1. The van der Waals surface area contributed by atoms with Crippen molar-refractivity contribution in [3.8, 4) is 5.88 Å². The zero-order valence-corrected chi connectivity index (χ0v) is 11.8. The molecule has 2 rings (SSSR count). The number of nitrogens with one attached hydrogen (secondary N) is 1. The predicted octanol–water partition coefficient (Wildman–Crippen LogP) is 3.97. The molecule has 0 amide bonds. The molecule has 90 valence electrons. The minimum atomic E-state index is 0.304. The van der Waals surface area contributed by atoms with Crippen LogP contribution in [0.25, 0.3) is 0 Å². The smallest absolute Gasteiger partial charge is 0.258 e. The number of thiophene rings is 1. The van der Waals surface area contributed by atoms with Crippen molar-refractivity contribution < 1.29 is 4.74 Å². The van der Waals surface area contributed by atoms with Gasteiger partial charge in [-0.3, -0.25) is 0 Å². The van der Waals surface area contributed by atoms with E-state index in [-0.39, 0.29) is 0 Å². The van der Waals surface area contributed by atoms with Crippen LogP contribution in [0.4, 0.5) is 5.82 Å². The number of anilines is 1. The van der Waals surface area contributed by atoms with Crippen molar-refractivity contribution in [2.45, 2.75) is 4.21 Å². The van der Waals surface area contributed by atoms with Crippen LogP contribution in [-0.2, 0) is 0 Å². The van der Waals surface area contributed by atoms with Crippen LogP contribution in [0.15, 0.2) is 22.5 Å². The van der Waals surface area contributed by atoms with Gasteiger partial charge in [-0.2, -0.15) is 0 Å². The zero-order chi connectivity index (χ0) is 12.3. The fraction of sp³-hybridized carbons (Fsp3) is 0.111. The topological polar surface area (TPSA) is 47.0 Å². The summed E-state index contributed by atoms with van der Waals surface area (Å²) in [6, 6.07) is 3.74. The van der Waals surface area contributed by atoms with Gasteiger partial charge in [0.1, 0.15) is 5.15 Å². The Bertz CT molecular complexity index is 521. The highest BCUT2D eigenvalue weighted by Crippen LogP contribution is 2.32. The van der Waals surface area contributed by atoms with Crippen LogP contribution in [0, 0.1) is 0 Å².